The first-order chi connectivity index (χ1) is 10.2. The first-order valence-electron chi connectivity index (χ1n) is 6.78. The van der Waals surface area contributed by atoms with Gasteiger partial charge in [-0.2, -0.15) is 0 Å². The normalized spacial score (nSPS) is 10.6. The number of nitrogens with zero attached hydrogens (tertiary/aromatic N) is 2. The van der Waals surface area contributed by atoms with Crippen LogP contribution in [0.3, 0.4) is 0 Å². The van der Waals surface area contributed by atoms with Crippen LogP contribution in [0.4, 0.5) is 8.78 Å². The fourth-order valence-electron chi connectivity index (χ4n) is 1.80. The lowest BCUT2D eigenvalue weighted by molar-refractivity contribution is 0.265. The van der Waals surface area contributed by atoms with Crippen LogP contribution in [-0.4, -0.2) is 16.5 Å². The summed E-state index contributed by atoms with van der Waals surface area (Å²) in [6, 6.07) is 4.20. The SMILES string of the molecule is CCCNCc1cc(F)c(OCc2ncccn2)c(F)c1. The van der Waals surface area contributed by atoms with Crippen molar-refractivity contribution in [3.05, 3.63) is 53.6 Å². The van der Waals surface area contributed by atoms with E-state index < -0.39 is 17.4 Å². The third kappa shape index (κ3) is 4.46. The van der Waals surface area contributed by atoms with Gasteiger partial charge in [0.05, 0.1) is 0 Å². The van der Waals surface area contributed by atoms with E-state index in [9.17, 15) is 8.78 Å². The number of halogens is 2. The lowest BCUT2D eigenvalue weighted by atomic mass is 10.2. The summed E-state index contributed by atoms with van der Waals surface area (Å²) in [7, 11) is 0. The van der Waals surface area contributed by atoms with Crippen LogP contribution in [0.25, 0.3) is 0 Å². The highest BCUT2D eigenvalue weighted by Gasteiger charge is 2.13. The summed E-state index contributed by atoms with van der Waals surface area (Å²) in [5.41, 5.74) is 0.543. The zero-order valence-corrected chi connectivity index (χ0v) is 11.8. The Hall–Kier alpha value is -2.08. The molecule has 0 aliphatic heterocycles. The molecule has 1 aromatic carbocycles. The molecule has 0 spiro atoms. The van der Waals surface area contributed by atoms with Crippen LogP contribution in [0.2, 0.25) is 0 Å². The molecule has 2 aromatic rings. The maximum Gasteiger partial charge on any atom is 0.191 e. The average Bonchev–Trinajstić information content (AvgIpc) is 2.48. The zero-order valence-electron chi connectivity index (χ0n) is 11.8. The van der Waals surface area contributed by atoms with Gasteiger partial charge in [0, 0.05) is 18.9 Å². The molecule has 0 radical (unpaired) electrons. The largest absolute Gasteiger partial charge is 0.479 e. The molecule has 1 aromatic heterocycles. The predicted octanol–water partition coefficient (Wildman–Crippen LogP) is 2.83. The van der Waals surface area contributed by atoms with E-state index in [2.05, 4.69) is 15.3 Å². The number of ether oxygens (including phenoxy) is 1. The maximum absolute atomic E-state index is 13.9. The van der Waals surface area contributed by atoms with Gasteiger partial charge in [-0.3, -0.25) is 0 Å². The van der Waals surface area contributed by atoms with Crippen molar-refractivity contribution in [1.29, 1.82) is 0 Å². The molecule has 112 valence electrons. The average molecular weight is 293 g/mol. The second-order valence-corrected chi connectivity index (χ2v) is 4.52. The van der Waals surface area contributed by atoms with Crippen molar-refractivity contribution in [2.24, 2.45) is 0 Å². The first-order valence-corrected chi connectivity index (χ1v) is 6.78. The molecule has 1 N–H and O–H groups in total. The summed E-state index contributed by atoms with van der Waals surface area (Å²) in [5.74, 6) is -1.48. The first kappa shape index (κ1) is 15.3. The molecule has 0 unspecified atom stereocenters. The van der Waals surface area contributed by atoms with Crippen LogP contribution in [-0.2, 0) is 13.2 Å². The highest BCUT2D eigenvalue weighted by Crippen LogP contribution is 2.24. The molecule has 6 heteroatoms. The number of nitrogens with one attached hydrogen (secondary N) is 1. The Labute approximate surface area is 122 Å². The minimum absolute atomic E-state index is 0.0812. The Kier molecular flexibility index (Phi) is 5.57. The Bertz CT molecular complexity index is 555. The molecule has 0 aliphatic rings. The summed E-state index contributed by atoms with van der Waals surface area (Å²) in [4.78, 5) is 7.86. The number of hydrogen-bond donors (Lipinski definition) is 1. The molecule has 0 bridgehead atoms. The highest BCUT2D eigenvalue weighted by atomic mass is 19.1. The Balaban J connectivity index is 2.03. The van der Waals surface area contributed by atoms with Crippen LogP contribution in [0.15, 0.2) is 30.6 Å². The topological polar surface area (TPSA) is 47.0 Å². The van der Waals surface area contributed by atoms with Gasteiger partial charge < -0.3 is 10.1 Å². The molecule has 2 rings (SSSR count). The van der Waals surface area contributed by atoms with Gasteiger partial charge in [-0.25, -0.2) is 18.7 Å². The fourth-order valence-corrected chi connectivity index (χ4v) is 1.80. The minimum Gasteiger partial charge on any atom is -0.479 e. The Morgan fingerprint density at radius 2 is 1.81 bits per heavy atom. The van der Waals surface area contributed by atoms with Crippen molar-refractivity contribution >= 4 is 0 Å². The van der Waals surface area contributed by atoms with E-state index in [-0.39, 0.29) is 6.61 Å². The van der Waals surface area contributed by atoms with E-state index in [4.69, 9.17) is 4.74 Å². The van der Waals surface area contributed by atoms with Crippen LogP contribution in [0.1, 0.15) is 24.7 Å². The lowest BCUT2D eigenvalue weighted by Crippen LogP contribution is -2.14. The summed E-state index contributed by atoms with van der Waals surface area (Å²) >= 11 is 0. The molecule has 21 heavy (non-hydrogen) atoms. The molecule has 0 amide bonds. The quantitative estimate of drug-likeness (QED) is 0.797. The third-order valence-electron chi connectivity index (χ3n) is 2.78. The Morgan fingerprint density at radius 3 is 2.43 bits per heavy atom. The van der Waals surface area contributed by atoms with E-state index in [0.717, 1.165) is 13.0 Å². The molecular weight excluding hydrogens is 276 g/mol. The van der Waals surface area contributed by atoms with Crippen molar-refractivity contribution in [3.63, 3.8) is 0 Å². The van der Waals surface area contributed by atoms with E-state index in [1.165, 1.54) is 12.1 Å². The summed E-state index contributed by atoms with van der Waals surface area (Å²) in [6.45, 7) is 3.16. The summed E-state index contributed by atoms with van der Waals surface area (Å²) in [6.07, 6.45) is 4.05. The standard InChI is InChI=1S/C15H17F2N3O/c1-2-4-18-9-11-7-12(16)15(13(17)8-11)21-10-14-19-5-3-6-20-14/h3,5-8,18H,2,4,9-10H2,1H3. The van der Waals surface area contributed by atoms with Gasteiger partial charge in [0.1, 0.15) is 6.61 Å². The summed E-state index contributed by atoms with van der Waals surface area (Å²) < 4.78 is 32.9. The van der Waals surface area contributed by atoms with E-state index >= 15 is 0 Å². The van der Waals surface area contributed by atoms with E-state index in [1.54, 1.807) is 18.5 Å². The second kappa shape index (κ2) is 7.64. The van der Waals surface area contributed by atoms with Gasteiger partial charge in [-0.05, 0) is 36.7 Å². The lowest BCUT2D eigenvalue weighted by Gasteiger charge is -2.10. The molecule has 0 aliphatic carbocycles. The van der Waals surface area contributed by atoms with E-state index in [1.807, 2.05) is 6.92 Å². The van der Waals surface area contributed by atoms with Gasteiger partial charge in [0.15, 0.2) is 23.2 Å². The predicted molar refractivity (Wildman–Crippen MR) is 74.7 cm³/mol. The minimum atomic E-state index is -0.723. The van der Waals surface area contributed by atoms with Gasteiger partial charge in [-0.1, -0.05) is 6.92 Å². The van der Waals surface area contributed by atoms with Gasteiger partial charge in [-0.15, -0.1) is 0 Å². The van der Waals surface area contributed by atoms with Crippen molar-refractivity contribution in [2.75, 3.05) is 6.54 Å². The maximum atomic E-state index is 13.9. The van der Waals surface area contributed by atoms with Crippen LogP contribution < -0.4 is 10.1 Å². The summed E-state index contributed by atoms with van der Waals surface area (Å²) in [5, 5.41) is 3.09. The molecule has 0 saturated heterocycles. The monoisotopic (exact) mass is 293 g/mol. The smallest absolute Gasteiger partial charge is 0.191 e. The van der Waals surface area contributed by atoms with Crippen molar-refractivity contribution in [2.45, 2.75) is 26.5 Å². The van der Waals surface area contributed by atoms with E-state index in [0.29, 0.717) is 17.9 Å². The second-order valence-electron chi connectivity index (χ2n) is 4.52. The van der Waals surface area contributed by atoms with Gasteiger partial charge in [0.2, 0.25) is 0 Å². The van der Waals surface area contributed by atoms with Gasteiger partial charge >= 0.3 is 0 Å². The molecule has 1 heterocycles. The fraction of sp³-hybridized carbons (Fsp3) is 0.333. The Morgan fingerprint density at radius 1 is 1.14 bits per heavy atom. The third-order valence-corrected chi connectivity index (χ3v) is 2.78. The van der Waals surface area contributed by atoms with Crippen molar-refractivity contribution in [3.8, 4) is 5.75 Å². The van der Waals surface area contributed by atoms with Crippen LogP contribution in [0, 0.1) is 11.6 Å². The van der Waals surface area contributed by atoms with Crippen LogP contribution >= 0.6 is 0 Å². The zero-order chi connectivity index (χ0) is 15.1. The molecule has 0 atom stereocenters. The number of benzene rings is 1. The number of rotatable bonds is 7. The molecular formula is C15H17F2N3O. The van der Waals surface area contributed by atoms with Gasteiger partial charge in [0.25, 0.3) is 0 Å². The van der Waals surface area contributed by atoms with Crippen molar-refractivity contribution in [1.82, 2.24) is 15.3 Å². The molecule has 0 saturated carbocycles. The van der Waals surface area contributed by atoms with Crippen molar-refractivity contribution < 1.29 is 13.5 Å². The van der Waals surface area contributed by atoms with Crippen LogP contribution in [0.5, 0.6) is 5.75 Å². The number of hydrogen-bond acceptors (Lipinski definition) is 4. The molecule has 4 nitrogen and oxygen atoms in total. The number of aromatic nitrogens is 2. The molecule has 0 fully saturated rings. The highest BCUT2D eigenvalue weighted by molar-refractivity contribution is 5.31.